The molecule has 1 rings (SSSR count). The van der Waals surface area contributed by atoms with Crippen LogP contribution in [0.3, 0.4) is 0 Å². The van der Waals surface area contributed by atoms with Gasteiger partial charge in [-0.05, 0) is 30.9 Å². The summed E-state index contributed by atoms with van der Waals surface area (Å²) in [5.74, 6) is -0.312. The highest BCUT2D eigenvalue weighted by atomic mass is 32.2. The van der Waals surface area contributed by atoms with Crippen LogP contribution in [-0.2, 0) is 9.53 Å². The maximum Gasteiger partial charge on any atom is 0.331 e. The van der Waals surface area contributed by atoms with Crippen LogP contribution in [0.2, 0.25) is 0 Å². The number of aryl methyl sites for hydroxylation is 1. The summed E-state index contributed by atoms with van der Waals surface area (Å²) >= 11 is 1.56. The number of carbonyl (C=O) groups excluding carboxylic acids is 1. The van der Waals surface area contributed by atoms with Gasteiger partial charge in [-0.25, -0.2) is 4.79 Å². The molecule has 0 atom stereocenters. The van der Waals surface area contributed by atoms with Gasteiger partial charge >= 0.3 is 5.97 Å². The molecule has 1 aromatic rings. The lowest BCUT2D eigenvalue weighted by atomic mass is 10.2. The first-order valence-electron chi connectivity index (χ1n) is 4.62. The molecule has 2 nitrogen and oxygen atoms in total. The van der Waals surface area contributed by atoms with Crippen LogP contribution >= 0.6 is 11.8 Å². The molecule has 0 saturated heterocycles. The summed E-state index contributed by atoms with van der Waals surface area (Å²) < 4.78 is 4.55. The van der Waals surface area contributed by atoms with E-state index in [-0.39, 0.29) is 5.97 Å². The van der Waals surface area contributed by atoms with E-state index in [0.29, 0.717) is 0 Å². The van der Waals surface area contributed by atoms with E-state index in [0.717, 1.165) is 9.80 Å². The summed E-state index contributed by atoms with van der Waals surface area (Å²) in [5.41, 5.74) is 1.21. The van der Waals surface area contributed by atoms with Crippen molar-refractivity contribution >= 4 is 17.7 Å². The second-order valence-corrected chi connectivity index (χ2v) is 4.52. The molecule has 0 spiro atoms. The number of carbonyl (C=O) groups is 1. The maximum atomic E-state index is 11.0. The first-order valence-corrected chi connectivity index (χ1v) is 5.44. The Morgan fingerprint density at radius 2 is 2.20 bits per heavy atom. The predicted molar refractivity (Wildman–Crippen MR) is 62.8 cm³/mol. The van der Waals surface area contributed by atoms with Gasteiger partial charge in [-0.15, -0.1) is 0 Å². The van der Waals surface area contributed by atoms with Crippen LogP contribution in [0.25, 0.3) is 0 Å². The van der Waals surface area contributed by atoms with Gasteiger partial charge in [0, 0.05) is 11.0 Å². The fourth-order valence-corrected chi connectivity index (χ4v) is 2.04. The first-order chi connectivity index (χ1) is 7.11. The number of methoxy groups -OCH3 is 1. The number of allylic oxidation sites excluding steroid dienone is 1. The Balaban J connectivity index is 2.70. The second-order valence-electron chi connectivity index (χ2n) is 3.20. The summed E-state index contributed by atoms with van der Waals surface area (Å²) in [4.78, 5) is 13.0. The summed E-state index contributed by atoms with van der Waals surface area (Å²) in [7, 11) is 1.38. The minimum absolute atomic E-state index is 0.312. The molecule has 0 N–H and O–H groups in total. The van der Waals surface area contributed by atoms with Gasteiger partial charge in [0.25, 0.3) is 0 Å². The highest BCUT2D eigenvalue weighted by molar-refractivity contribution is 8.03. The SMILES string of the molecule is COC(=O)/C=C(\C)Sc1cccc(C)c1. The van der Waals surface area contributed by atoms with Crippen molar-refractivity contribution in [3.05, 3.63) is 40.8 Å². The lowest BCUT2D eigenvalue weighted by molar-refractivity contribution is -0.134. The molecule has 1 aromatic carbocycles. The average molecular weight is 222 g/mol. The Labute approximate surface area is 94.3 Å². The summed E-state index contributed by atoms with van der Waals surface area (Å²) in [6, 6.07) is 8.15. The lowest BCUT2D eigenvalue weighted by Gasteiger charge is -2.02. The molecule has 0 unspecified atom stereocenters. The standard InChI is InChI=1S/C12H14O2S/c1-9-5-4-6-11(7-9)15-10(2)8-12(13)14-3/h4-8H,1-3H3/b10-8+. The van der Waals surface area contributed by atoms with Crippen LogP contribution in [0.1, 0.15) is 12.5 Å². The van der Waals surface area contributed by atoms with Crippen molar-refractivity contribution in [2.45, 2.75) is 18.7 Å². The van der Waals surface area contributed by atoms with Gasteiger partial charge in [-0.2, -0.15) is 0 Å². The Bertz CT molecular complexity index is 383. The number of thioether (sulfide) groups is 1. The Morgan fingerprint density at radius 1 is 1.47 bits per heavy atom. The number of rotatable bonds is 3. The molecule has 3 heteroatoms. The van der Waals surface area contributed by atoms with Gasteiger partial charge in [0.2, 0.25) is 0 Å². The zero-order valence-corrected chi connectivity index (χ0v) is 9.93. The molecule has 0 radical (unpaired) electrons. The fraction of sp³-hybridized carbons (Fsp3) is 0.250. The lowest BCUT2D eigenvalue weighted by Crippen LogP contribution is -1.94. The molecule has 0 bridgehead atoms. The molecule has 0 aromatic heterocycles. The van der Waals surface area contributed by atoms with Crippen molar-refractivity contribution in [3.63, 3.8) is 0 Å². The minimum Gasteiger partial charge on any atom is -0.466 e. The van der Waals surface area contributed by atoms with Crippen LogP contribution in [0.5, 0.6) is 0 Å². The topological polar surface area (TPSA) is 26.3 Å². The molecule has 0 aliphatic rings. The average Bonchev–Trinajstić information content (AvgIpc) is 2.17. The third-order valence-electron chi connectivity index (χ3n) is 1.79. The number of hydrogen-bond donors (Lipinski definition) is 0. The Hall–Kier alpha value is -1.22. The van der Waals surface area contributed by atoms with Crippen LogP contribution in [0.15, 0.2) is 40.1 Å². The van der Waals surface area contributed by atoms with Gasteiger partial charge in [0.1, 0.15) is 0 Å². The van der Waals surface area contributed by atoms with E-state index in [2.05, 4.69) is 10.8 Å². The summed E-state index contributed by atoms with van der Waals surface area (Å²) in [5, 5.41) is 0. The Morgan fingerprint density at radius 3 is 2.80 bits per heavy atom. The van der Waals surface area contributed by atoms with E-state index >= 15 is 0 Å². The number of esters is 1. The highest BCUT2D eigenvalue weighted by Gasteiger charge is 1.99. The van der Waals surface area contributed by atoms with Crippen LogP contribution < -0.4 is 0 Å². The monoisotopic (exact) mass is 222 g/mol. The molecular weight excluding hydrogens is 208 g/mol. The molecule has 0 aliphatic carbocycles. The minimum atomic E-state index is -0.312. The molecule has 0 heterocycles. The van der Waals surface area contributed by atoms with Crippen molar-refractivity contribution in [2.75, 3.05) is 7.11 Å². The zero-order chi connectivity index (χ0) is 11.3. The highest BCUT2D eigenvalue weighted by Crippen LogP contribution is 2.26. The van der Waals surface area contributed by atoms with Gasteiger partial charge < -0.3 is 4.74 Å². The van der Waals surface area contributed by atoms with Crippen molar-refractivity contribution in [2.24, 2.45) is 0 Å². The number of hydrogen-bond acceptors (Lipinski definition) is 3. The normalized spacial score (nSPS) is 11.3. The van der Waals surface area contributed by atoms with Crippen molar-refractivity contribution in [1.29, 1.82) is 0 Å². The van der Waals surface area contributed by atoms with Gasteiger partial charge in [0.05, 0.1) is 7.11 Å². The van der Waals surface area contributed by atoms with Gasteiger partial charge in [-0.3, -0.25) is 0 Å². The molecule has 0 amide bonds. The number of benzene rings is 1. The zero-order valence-electron chi connectivity index (χ0n) is 9.11. The predicted octanol–water partition coefficient (Wildman–Crippen LogP) is 3.16. The van der Waals surface area contributed by atoms with E-state index in [1.54, 1.807) is 11.8 Å². The van der Waals surface area contributed by atoms with Crippen molar-refractivity contribution in [3.8, 4) is 0 Å². The van der Waals surface area contributed by atoms with Gasteiger partial charge in [0.15, 0.2) is 0 Å². The molecule has 0 saturated carbocycles. The summed E-state index contributed by atoms with van der Waals surface area (Å²) in [6.45, 7) is 3.94. The van der Waals surface area contributed by atoms with E-state index in [9.17, 15) is 4.79 Å². The number of ether oxygens (including phenoxy) is 1. The van der Waals surface area contributed by atoms with Crippen molar-refractivity contribution in [1.82, 2.24) is 0 Å². The molecule has 15 heavy (non-hydrogen) atoms. The Kier molecular flexibility index (Phi) is 4.43. The molecule has 80 valence electrons. The third-order valence-corrected chi connectivity index (χ3v) is 2.72. The third kappa shape index (κ3) is 4.21. The van der Waals surface area contributed by atoms with Crippen molar-refractivity contribution < 1.29 is 9.53 Å². The van der Waals surface area contributed by atoms with Gasteiger partial charge in [-0.1, -0.05) is 29.5 Å². The smallest absolute Gasteiger partial charge is 0.331 e. The van der Waals surface area contributed by atoms with Crippen LogP contribution in [0, 0.1) is 6.92 Å². The van der Waals surface area contributed by atoms with Crippen LogP contribution in [-0.4, -0.2) is 13.1 Å². The summed E-state index contributed by atoms with van der Waals surface area (Å²) in [6.07, 6.45) is 1.49. The van der Waals surface area contributed by atoms with E-state index in [1.165, 1.54) is 18.7 Å². The first kappa shape index (κ1) is 11.9. The quantitative estimate of drug-likeness (QED) is 0.446. The second kappa shape index (κ2) is 5.61. The van der Waals surface area contributed by atoms with E-state index in [1.807, 2.05) is 32.0 Å². The maximum absolute atomic E-state index is 11.0. The molecule has 0 fully saturated rings. The van der Waals surface area contributed by atoms with Crippen LogP contribution in [0.4, 0.5) is 0 Å². The molecule has 0 aliphatic heterocycles. The fourth-order valence-electron chi connectivity index (χ4n) is 1.12. The largest absolute Gasteiger partial charge is 0.466 e. The van der Waals surface area contributed by atoms with E-state index in [4.69, 9.17) is 0 Å². The molecular formula is C12H14O2S. The van der Waals surface area contributed by atoms with E-state index < -0.39 is 0 Å².